The topological polar surface area (TPSA) is 55.1 Å². The van der Waals surface area contributed by atoms with Gasteiger partial charge in [-0.1, -0.05) is 33.6 Å². The predicted octanol–water partition coefficient (Wildman–Crippen LogP) is 1.67. The molecule has 0 bridgehead atoms. The molecule has 0 radical (unpaired) electrons. The summed E-state index contributed by atoms with van der Waals surface area (Å²) in [6.07, 6.45) is 3.53. The van der Waals surface area contributed by atoms with Crippen molar-refractivity contribution >= 4 is 5.91 Å². The van der Waals surface area contributed by atoms with Crippen molar-refractivity contribution in [2.75, 3.05) is 6.54 Å². The van der Waals surface area contributed by atoms with E-state index in [1.807, 2.05) is 0 Å². The van der Waals surface area contributed by atoms with Gasteiger partial charge in [-0.25, -0.2) is 0 Å². The maximum Gasteiger partial charge on any atom is 0.221 e. The molecule has 0 fully saturated rings. The van der Waals surface area contributed by atoms with Gasteiger partial charge in [0.1, 0.15) is 0 Å². The van der Waals surface area contributed by atoms with Crippen molar-refractivity contribution < 1.29 is 4.79 Å². The molecule has 3 N–H and O–H groups in total. The lowest BCUT2D eigenvalue weighted by atomic mass is 10.1. The minimum atomic E-state index is 0.0249. The molecule has 0 rings (SSSR count). The minimum Gasteiger partial charge on any atom is -0.356 e. The molecule has 84 valence electrons. The molecule has 14 heavy (non-hydrogen) atoms. The van der Waals surface area contributed by atoms with Crippen molar-refractivity contribution in [3.8, 4) is 0 Å². The van der Waals surface area contributed by atoms with Crippen LogP contribution in [0.2, 0.25) is 0 Å². The van der Waals surface area contributed by atoms with Crippen LogP contribution in [0.25, 0.3) is 0 Å². The molecule has 0 spiro atoms. The van der Waals surface area contributed by atoms with E-state index in [0.29, 0.717) is 12.3 Å². The van der Waals surface area contributed by atoms with Crippen molar-refractivity contribution in [1.82, 2.24) is 5.32 Å². The first kappa shape index (κ1) is 13.4. The standard InChI is InChI=1S/C11H24N2O/c1-4-6-10(12)7-11(14)13-8-9(3)5-2/h9-10H,4-8,12H2,1-3H3,(H,13,14). The van der Waals surface area contributed by atoms with Crippen molar-refractivity contribution in [2.24, 2.45) is 11.7 Å². The van der Waals surface area contributed by atoms with Gasteiger partial charge in [-0.2, -0.15) is 0 Å². The van der Waals surface area contributed by atoms with Crippen LogP contribution in [0.5, 0.6) is 0 Å². The number of carbonyl (C=O) groups excluding carboxylic acids is 1. The quantitative estimate of drug-likeness (QED) is 0.657. The third-order valence-corrected chi connectivity index (χ3v) is 2.45. The number of hydrogen-bond acceptors (Lipinski definition) is 2. The largest absolute Gasteiger partial charge is 0.356 e. The predicted molar refractivity (Wildman–Crippen MR) is 60.0 cm³/mol. The summed E-state index contributed by atoms with van der Waals surface area (Å²) in [5.41, 5.74) is 5.76. The Balaban J connectivity index is 3.54. The molecule has 2 atom stereocenters. The van der Waals surface area contributed by atoms with Gasteiger partial charge in [-0.15, -0.1) is 0 Å². The Morgan fingerprint density at radius 1 is 1.43 bits per heavy atom. The Bertz CT molecular complexity index is 159. The fraction of sp³-hybridized carbons (Fsp3) is 0.909. The molecule has 1 amide bonds. The van der Waals surface area contributed by atoms with Crippen LogP contribution in [-0.2, 0) is 4.79 Å². The van der Waals surface area contributed by atoms with Gasteiger partial charge >= 0.3 is 0 Å². The van der Waals surface area contributed by atoms with Gasteiger partial charge < -0.3 is 11.1 Å². The van der Waals surface area contributed by atoms with Crippen molar-refractivity contribution in [3.05, 3.63) is 0 Å². The molecular formula is C11H24N2O. The highest BCUT2D eigenvalue weighted by atomic mass is 16.1. The fourth-order valence-electron chi connectivity index (χ4n) is 1.22. The summed E-state index contributed by atoms with van der Waals surface area (Å²) in [4.78, 5) is 11.4. The van der Waals surface area contributed by atoms with E-state index in [4.69, 9.17) is 5.73 Å². The zero-order valence-corrected chi connectivity index (χ0v) is 9.68. The van der Waals surface area contributed by atoms with Crippen LogP contribution in [0.15, 0.2) is 0 Å². The smallest absolute Gasteiger partial charge is 0.221 e. The molecule has 0 saturated heterocycles. The van der Waals surface area contributed by atoms with Crippen molar-refractivity contribution in [3.63, 3.8) is 0 Å². The number of carbonyl (C=O) groups is 1. The number of rotatable bonds is 7. The first-order valence-corrected chi connectivity index (χ1v) is 5.62. The molecule has 0 aliphatic heterocycles. The van der Waals surface area contributed by atoms with E-state index in [0.717, 1.165) is 25.8 Å². The van der Waals surface area contributed by atoms with Crippen LogP contribution in [0.4, 0.5) is 0 Å². The van der Waals surface area contributed by atoms with Gasteiger partial charge in [0.15, 0.2) is 0 Å². The first-order chi connectivity index (χ1) is 6.60. The van der Waals surface area contributed by atoms with Gasteiger partial charge in [0.25, 0.3) is 0 Å². The van der Waals surface area contributed by atoms with E-state index < -0.39 is 0 Å². The van der Waals surface area contributed by atoms with Gasteiger partial charge in [-0.05, 0) is 12.3 Å². The lowest BCUT2D eigenvalue weighted by molar-refractivity contribution is -0.121. The minimum absolute atomic E-state index is 0.0249. The summed E-state index contributed by atoms with van der Waals surface area (Å²) in [7, 11) is 0. The second kappa shape index (κ2) is 7.80. The fourth-order valence-corrected chi connectivity index (χ4v) is 1.22. The highest BCUT2D eigenvalue weighted by Gasteiger charge is 2.08. The third-order valence-electron chi connectivity index (χ3n) is 2.45. The Morgan fingerprint density at radius 2 is 2.07 bits per heavy atom. The summed E-state index contributed by atoms with van der Waals surface area (Å²) in [5, 5.41) is 2.90. The zero-order chi connectivity index (χ0) is 11.0. The molecule has 0 saturated carbocycles. The summed E-state index contributed by atoms with van der Waals surface area (Å²) >= 11 is 0. The monoisotopic (exact) mass is 200 g/mol. The maximum atomic E-state index is 11.4. The Hall–Kier alpha value is -0.570. The van der Waals surface area contributed by atoms with Crippen LogP contribution in [0, 0.1) is 5.92 Å². The molecule has 0 aromatic heterocycles. The summed E-state index contributed by atoms with van der Waals surface area (Å²) in [6.45, 7) is 7.11. The molecule has 0 heterocycles. The average Bonchev–Trinajstić information content (AvgIpc) is 2.14. The Morgan fingerprint density at radius 3 is 2.57 bits per heavy atom. The Kier molecular flexibility index (Phi) is 7.48. The normalized spacial score (nSPS) is 14.9. The van der Waals surface area contributed by atoms with Crippen molar-refractivity contribution in [1.29, 1.82) is 0 Å². The summed E-state index contributed by atoms with van der Waals surface area (Å²) in [5.74, 6) is 0.646. The second-order valence-corrected chi connectivity index (χ2v) is 4.07. The molecule has 2 unspecified atom stereocenters. The molecule has 0 aliphatic carbocycles. The van der Waals surface area contributed by atoms with E-state index in [1.54, 1.807) is 0 Å². The van der Waals surface area contributed by atoms with Gasteiger partial charge in [0, 0.05) is 19.0 Å². The van der Waals surface area contributed by atoms with E-state index in [2.05, 4.69) is 26.1 Å². The Labute approximate surface area is 87.4 Å². The zero-order valence-electron chi connectivity index (χ0n) is 9.68. The van der Waals surface area contributed by atoms with Gasteiger partial charge in [-0.3, -0.25) is 4.79 Å². The molecule has 0 aromatic rings. The van der Waals surface area contributed by atoms with E-state index in [9.17, 15) is 4.79 Å². The SMILES string of the molecule is CCCC(N)CC(=O)NCC(C)CC. The number of nitrogens with one attached hydrogen (secondary N) is 1. The first-order valence-electron chi connectivity index (χ1n) is 5.62. The molecule has 3 heteroatoms. The van der Waals surface area contributed by atoms with E-state index in [-0.39, 0.29) is 11.9 Å². The number of amides is 1. The highest BCUT2D eigenvalue weighted by molar-refractivity contribution is 5.76. The third kappa shape index (κ3) is 6.89. The second-order valence-electron chi connectivity index (χ2n) is 4.07. The lowest BCUT2D eigenvalue weighted by Crippen LogP contribution is -2.33. The van der Waals surface area contributed by atoms with Gasteiger partial charge in [0.2, 0.25) is 5.91 Å². The molecule has 0 aromatic carbocycles. The highest BCUT2D eigenvalue weighted by Crippen LogP contribution is 2.00. The van der Waals surface area contributed by atoms with E-state index in [1.165, 1.54) is 0 Å². The maximum absolute atomic E-state index is 11.4. The average molecular weight is 200 g/mol. The molecular weight excluding hydrogens is 176 g/mol. The number of hydrogen-bond donors (Lipinski definition) is 2. The molecule has 0 aliphatic rings. The van der Waals surface area contributed by atoms with Crippen LogP contribution < -0.4 is 11.1 Å². The van der Waals surface area contributed by atoms with Crippen LogP contribution in [0.1, 0.15) is 46.5 Å². The van der Waals surface area contributed by atoms with Crippen LogP contribution >= 0.6 is 0 Å². The summed E-state index contributed by atoms with van der Waals surface area (Å²) in [6, 6.07) is 0.0249. The molecule has 3 nitrogen and oxygen atoms in total. The van der Waals surface area contributed by atoms with Gasteiger partial charge in [0.05, 0.1) is 0 Å². The number of nitrogens with two attached hydrogens (primary N) is 1. The van der Waals surface area contributed by atoms with Crippen molar-refractivity contribution in [2.45, 2.75) is 52.5 Å². The summed E-state index contributed by atoms with van der Waals surface area (Å²) < 4.78 is 0. The van der Waals surface area contributed by atoms with Crippen LogP contribution in [-0.4, -0.2) is 18.5 Å². The van der Waals surface area contributed by atoms with Crippen LogP contribution in [0.3, 0.4) is 0 Å². The lowest BCUT2D eigenvalue weighted by Gasteiger charge is -2.13. The van der Waals surface area contributed by atoms with E-state index >= 15 is 0 Å².